The van der Waals surface area contributed by atoms with E-state index in [1.807, 2.05) is 13.8 Å². The van der Waals surface area contributed by atoms with E-state index >= 15 is 0 Å². The molecule has 0 amide bonds. The average Bonchev–Trinajstić information content (AvgIpc) is 2.74. The summed E-state index contributed by atoms with van der Waals surface area (Å²) in [4.78, 5) is 19.0. The zero-order valence-electron chi connectivity index (χ0n) is 9.66. The molecule has 0 bridgehead atoms. The topological polar surface area (TPSA) is 68.0 Å². The van der Waals surface area contributed by atoms with Crippen LogP contribution < -0.4 is 0 Å². The van der Waals surface area contributed by atoms with Crippen molar-refractivity contribution in [3.05, 3.63) is 36.5 Å². The van der Waals surface area contributed by atoms with Gasteiger partial charge in [-0.15, -0.1) is 0 Å². The van der Waals surface area contributed by atoms with Crippen LogP contribution in [0.5, 0.6) is 0 Å². The van der Waals surface area contributed by atoms with Crippen LogP contribution in [0, 0.1) is 0 Å². The van der Waals surface area contributed by atoms with E-state index in [1.54, 1.807) is 29.1 Å². The van der Waals surface area contributed by atoms with Gasteiger partial charge in [-0.25, -0.2) is 14.8 Å². The Bertz CT molecular complexity index is 532. The first-order valence-electron chi connectivity index (χ1n) is 5.31. The Morgan fingerprint density at radius 2 is 1.94 bits per heavy atom. The largest absolute Gasteiger partial charge is 0.477 e. The van der Waals surface area contributed by atoms with Crippen LogP contribution >= 0.6 is 0 Å². The summed E-state index contributed by atoms with van der Waals surface area (Å²) in [5, 5.41) is 9.12. The van der Waals surface area contributed by atoms with Gasteiger partial charge in [-0.05, 0) is 26.0 Å². The average molecular weight is 231 g/mol. The summed E-state index contributed by atoms with van der Waals surface area (Å²) in [6.07, 6.45) is 4.80. The fourth-order valence-corrected chi connectivity index (χ4v) is 1.85. The number of aromatic carboxylic acids is 1. The van der Waals surface area contributed by atoms with Crippen LogP contribution in [-0.2, 0) is 0 Å². The van der Waals surface area contributed by atoms with Crippen molar-refractivity contribution in [1.29, 1.82) is 0 Å². The monoisotopic (exact) mass is 231 g/mol. The first kappa shape index (κ1) is 11.3. The van der Waals surface area contributed by atoms with E-state index in [4.69, 9.17) is 5.11 Å². The van der Waals surface area contributed by atoms with Gasteiger partial charge < -0.3 is 9.67 Å². The van der Waals surface area contributed by atoms with E-state index in [0.717, 1.165) is 11.3 Å². The maximum Gasteiger partial charge on any atom is 0.352 e. The number of carbonyl (C=O) groups is 1. The summed E-state index contributed by atoms with van der Waals surface area (Å²) in [6, 6.07) is 3.44. The number of hydrogen-bond acceptors (Lipinski definition) is 3. The molecule has 2 rings (SSSR count). The molecule has 0 atom stereocenters. The number of carboxylic acids is 1. The fourth-order valence-electron chi connectivity index (χ4n) is 1.85. The summed E-state index contributed by atoms with van der Waals surface area (Å²) in [7, 11) is 0. The number of rotatable bonds is 3. The van der Waals surface area contributed by atoms with Gasteiger partial charge in [-0.3, -0.25) is 0 Å². The highest BCUT2D eigenvalue weighted by Gasteiger charge is 2.17. The lowest BCUT2D eigenvalue weighted by Gasteiger charge is -2.15. The second-order valence-electron chi connectivity index (χ2n) is 4.00. The molecule has 0 saturated carbocycles. The van der Waals surface area contributed by atoms with E-state index < -0.39 is 5.97 Å². The molecule has 1 N–H and O–H groups in total. The first-order valence-corrected chi connectivity index (χ1v) is 5.31. The predicted octanol–water partition coefficient (Wildman–Crippen LogP) is 2.22. The molecule has 88 valence electrons. The maximum absolute atomic E-state index is 11.1. The standard InChI is InChI=1S/C12H13N3O2/c1-8(2)15-10(3-4-11(15)12(16)17)9-5-13-7-14-6-9/h3-8H,1-2H3,(H,16,17). The fraction of sp³-hybridized carbons (Fsp3) is 0.250. The second-order valence-corrected chi connectivity index (χ2v) is 4.00. The minimum Gasteiger partial charge on any atom is -0.477 e. The number of hydrogen-bond donors (Lipinski definition) is 1. The summed E-state index contributed by atoms with van der Waals surface area (Å²) >= 11 is 0. The third-order valence-corrected chi connectivity index (χ3v) is 2.51. The molecule has 0 fully saturated rings. The van der Waals surface area contributed by atoms with E-state index in [9.17, 15) is 4.79 Å². The highest BCUT2D eigenvalue weighted by molar-refractivity contribution is 5.87. The lowest BCUT2D eigenvalue weighted by atomic mass is 10.2. The Balaban J connectivity index is 2.60. The van der Waals surface area contributed by atoms with Crippen molar-refractivity contribution in [1.82, 2.24) is 14.5 Å². The van der Waals surface area contributed by atoms with Crippen LogP contribution in [0.1, 0.15) is 30.4 Å². The molecule has 0 aliphatic rings. The summed E-state index contributed by atoms with van der Waals surface area (Å²) in [5.41, 5.74) is 1.91. The zero-order chi connectivity index (χ0) is 12.4. The smallest absolute Gasteiger partial charge is 0.352 e. The normalized spacial score (nSPS) is 10.8. The van der Waals surface area contributed by atoms with Gasteiger partial charge in [0.05, 0.1) is 5.69 Å². The molecule has 0 saturated heterocycles. The Hall–Kier alpha value is -2.17. The van der Waals surface area contributed by atoms with Crippen LogP contribution in [0.25, 0.3) is 11.3 Å². The van der Waals surface area contributed by atoms with Crippen molar-refractivity contribution in [2.75, 3.05) is 0 Å². The third-order valence-electron chi connectivity index (χ3n) is 2.51. The van der Waals surface area contributed by atoms with Crippen LogP contribution in [0.2, 0.25) is 0 Å². The molecule has 0 aliphatic carbocycles. The molecular formula is C12H13N3O2. The quantitative estimate of drug-likeness (QED) is 0.879. The molecule has 2 aromatic heterocycles. The van der Waals surface area contributed by atoms with Crippen LogP contribution in [0.4, 0.5) is 0 Å². The Kier molecular flexibility index (Phi) is 2.91. The van der Waals surface area contributed by atoms with Gasteiger partial charge in [-0.2, -0.15) is 0 Å². The number of carboxylic acid groups (broad SMARTS) is 1. The molecule has 0 spiro atoms. The van der Waals surface area contributed by atoms with Gasteiger partial charge in [0.15, 0.2) is 0 Å². The highest BCUT2D eigenvalue weighted by Crippen LogP contribution is 2.25. The summed E-state index contributed by atoms with van der Waals surface area (Å²) < 4.78 is 1.76. The molecule has 2 heterocycles. The van der Waals surface area contributed by atoms with Gasteiger partial charge in [0.25, 0.3) is 0 Å². The van der Waals surface area contributed by atoms with Gasteiger partial charge in [0.1, 0.15) is 12.0 Å². The number of nitrogens with zero attached hydrogens (tertiary/aromatic N) is 3. The van der Waals surface area contributed by atoms with Crippen LogP contribution in [0.15, 0.2) is 30.9 Å². The van der Waals surface area contributed by atoms with Crippen molar-refractivity contribution >= 4 is 5.97 Å². The van der Waals surface area contributed by atoms with Crippen LogP contribution in [-0.4, -0.2) is 25.6 Å². The minimum absolute atomic E-state index is 0.0614. The Morgan fingerprint density at radius 3 is 2.47 bits per heavy atom. The van der Waals surface area contributed by atoms with Gasteiger partial charge >= 0.3 is 5.97 Å². The van der Waals surface area contributed by atoms with Crippen molar-refractivity contribution in [3.8, 4) is 11.3 Å². The zero-order valence-corrected chi connectivity index (χ0v) is 9.66. The molecule has 0 aromatic carbocycles. The van der Waals surface area contributed by atoms with E-state index in [-0.39, 0.29) is 11.7 Å². The third kappa shape index (κ3) is 2.04. The Morgan fingerprint density at radius 1 is 1.29 bits per heavy atom. The summed E-state index contributed by atoms with van der Waals surface area (Å²) in [5.74, 6) is -0.929. The predicted molar refractivity (Wildman–Crippen MR) is 62.8 cm³/mol. The molecule has 0 unspecified atom stereocenters. The highest BCUT2D eigenvalue weighted by atomic mass is 16.4. The van der Waals surface area contributed by atoms with Crippen LogP contribution in [0.3, 0.4) is 0 Å². The van der Waals surface area contributed by atoms with Gasteiger partial charge in [0, 0.05) is 24.0 Å². The molecule has 2 aromatic rings. The van der Waals surface area contributed by atoms with E-state index in [2.05, 4.69) is 9.97 Å². The lowest BCUT2D eigenvalue weighted by Crippen LogP contribution is -2.11. The molecule has 5 nitrogen and oxygen atoms in total. The van der Waals surface area contributed by atoms with Crippen molar-refractivity contribution in [2.24, 2.45) is 0 Å². The Labute approximate surface area is 98.8 Å². The van der Waals surface area contributed by atoms with Crippen molar-refractivity contribution in [3.63, 3.8) is 0 Å². The van der Waals surface area contributed by atoms with Gasteiger partial charge in [0.2, 0.25) is 0 Å². The van der Waals surface area contributed by atoms with E-state index in [1.165, 1.54) is 6.33 Å². The first-order chi connectivity index (χ1) is 8.11. The summed E-state index contributed by atoms with van der Waals surface area (Å²) in [6.45, 7) is 3.89. The molecule has 5 heteroatoms. The maximum atomic E-state index is 11.1. The molecular weight excluding hydrogens is 218 g/mol. The lowest BCUT2D eigenvalue weighted by molar-refractivity contribution is 0.0683. The van der Waals surface area contributed by atoms with Crippen molar-refractivity contribution in [2.45, 2.75) is 19.9 Å². The van der Waals surface area contributed by atoms with E-state index in [0.29, 0.717) is 0 Å². The minimum atomic E-state index is -0.929. The van der Waals surface area contributed by atoms with Crippen molar-refractivity contribution < 1.29 is 9.90 Å². The molecule has 0 radical (unpaired) electrons. The molecule has 17 heavy (non-hydrogen) atoms. The SMILES string of the molecule is CC(C)n1c(C(=O)O)ccc1-c1cncnc1. The van der Waals surface area contributed by atoms with Gasteiger partial charge in [-0.1, -0.05) is 0 Å². The molecule has 0 aliphatic heterocycles. The number of aromatic nitrogens is 3. The second kappa shape index (κ2) is 4.37.